The molecule has 0 aromatic heterocycles. The van der Waals surface area contributed by atoms with Gasteiger partial charge >= 0.3 is 0 Å². The van der Waals surface area contributed by atoms with Gasteiger partial charge in [-0.25, -0.2) is 8.42 Å². The van der Waals surface area contributed by atoms with Crippen LogP contribution in [0.3, 0.4) is 0 Å². The summed E-state index contributed by atoms with van der Waals surface area (Å²) in [7, 11) is -1.42. The van der Waals surface area contributed by atoms with Crippen molar-refractivity contribution in [2.24, 2.45) is 0 Å². The van der Waals surface area contributed by atoms with E-state index in [2.05, 4.69) is 24.1 Å². The molecule has 0 bridgehead atoms. The van der Waals surface area contributed by atoms with Crippen molar-refractivity contribution in [2.75, 3.05) is 32.1 Å². The molecule has 0 aliphatic heterocycles. The molecule has 1 rings (SSSR count). The molecule has 118 valence electrons. The van der Waals surface area contributed by atoms with Crippen LogP contribution in [0.15, 0.2) is 23.1 Å². The summed E-state index contributed by atoms with van der Waals surface area (Å²) in [5.41, 5.74) is 6.16. The van der Waals surface area contributed by atoms with Crippen LogP contribution in [-0.2, 0) is 9.84 Å². The Morgan fingerprint density at radius 2 is 1.95 bits per heavy atom. The maximum Gasteiger partial charge on any atom is 0.251 e. The molecule has 0 aliphatic rings. The number of nitrogens with two attached hydrogens (primary N) is 1. The van der Waals surface area contributed by atoms with Gasteiger partial charge in [0.25, 0.3) is 5.91 Å². The summed E-state index contributed by atoms with van der Waals surface area (Å²) in [6.45, 7) is 5.33. The van der Waals surface area contributed by atoms with Crippen LogP contribution in [0.4, 0.5) is 5.69 Å². The van der Waals surface area contributed by atoms with Gasteiger partial charge in [0.2, 0.25) is 0 Å². The Balaban J connectivity index is 2.77. The van der Waals surface area contributed by atoms with Crippen LogP contribution in [0, 0.1) is 0 Å². The number of hydrogen-bond donors (Lipinski definition) is 2. The number of hydrogen-bond acceptors (Lipinski definition) is 5. The minimum Gasteiger partial charge on any atom is -0.399 e. The maximum atomic E-state index is 12.0. The van der Waals surface area contributed by atoms with Crippen LogP contribution >= 0.6 is 0 Å². The highest BCUT2D eigenvalue weighted by Gasteiger charge is 2.13. The van der Waals surface area contributed by atoms with Gasteiger partial charge in [0.05, 0.1) is 4.90 Å². The Kier molecular flexibility index (Phi) is 5.74. The quantitative estimate of drug-likeness (QED) is 0.756. The summed E-state index contributed by atoms with van der Waals surface area (Å²) in [6, 6.07) is 4.55. The third kappa shape index (κ3) is 5.35. The van der Waals surface area contributed by atoms with E-state index in [-0.39, 0.29) is 22.1 Å². The number of anilines is 1. The topological polar surface area (TPSA) is 92.5 Å². The summed E-state index contributed by atoms with van der Waals surface area (Å²) in [5, 5.41) is 2.76. The van der Waals surface area contributed by atoms with Crippen molar-refractivity contribution in [3.05, 3.63) is 23.8 Å². The van der Waals surface area contributed by atoms with Crippen LogP contribution < -0.4 is 11.1 Å². The first kappa shape index (κ1) is 17.5. The molecule has 0 radical (unpaired) electrons. The van der Waals surface area contributed by atoms with Gasteiger partial charge in [-0.2, -0.15) is 0 Å². The molecule has 21 heavy (non-hydrogen) atoms. The lowest BCUT2D eigenvalue weighted by molar-refractivity contribution is 0.0948. The largest absolute Gasteiger partial charge is 0.399 e. The van der Waals surface area contributed by atoms with E-state index in [9.17, 15) is 13.2 Å². The Hall–Kier alpha value is -1.60. The summed E-state index contributed by atoms with van der Waals surface area (Å²) >= 11 is 0. The number of nitrogens with one attached hydrogen (secondary N) is 1. The smallest absolute Gasteiger partial charge is 0.251 e. The number of sulfone groups is 1. The molecule has 0 unspecified atom stereocenters. The van der Waals surface area contributed by atoms with E-state index in [1.807, 2.05) is 7.05 Å². The Morgan fingerprint density at radius 3 is 2.48 bits per heavy atom. The highest BCUT2D eigenvalue weighted by atomic mass is 32.2. The highest BCUT2D eigenvalue weighted by molar-refractivity contribution is 7.90. The SMILES string of the molecule is CC(C)N(C)CCNC(=O)c1cc(N)cc(S(C)(=O)=O)c1. The van der Waals surface area contributed by atoms with E-state index in [1.54, 1.807) is 0 Å². The van der Waals surface area contributed by atoms with Crippen molar-refractivity contribution in [1.82, 2.24) is 10.2 Å². The van der Waals surface area contributed by atoms with Gasteiger partial charge in [-0.1, -0.05) is 0 Å². The molecular formula is C14H23N3O3S. The first-order valence-electron chi connectivity index (χ1n) is 6.70. The maximum absolute atomic E-state index is 12.0. The molecule has 1 amide bonds. The number of amides is 1. The van der Waals surface area contributed by atoms with E-state index in [0.717, 1.165) is 6.26 Å². The van der Waals surface area contributed by atoms with Gasteiger partial charge in [0.1, 0.15) is 0 Å². The number of nitrogens with zero attached hydrogens (tertiary/aromatic N) is 1. The van der Waals surface area contributed by atoms with E-state index >= 15 is 0 Å². The fourth-order valence-corrected chi connectivity index (χ4v) is 2.36. The number of carbonyl (C=O) groups is 1. The fraction of sp³-hybridized carbons (Fsp3) is 0.500. The van der Waals surface area contributed by atoms with Crippen LogP contribution in [0.1, 0.15) is 24.2 Å². The molecule has 1 aromatic carbocycles. The number of nitrogen functional groups attached to an aromatic ring is 1. The summed E-state index contributed by atoms with van der Waals surface area (Å²) in [4.78, 5) is 14.2. The zero-order chi connectivity index (χ0) is 16.2. The van der Waals surface area contributed by atoms with Crippen LogP contribution in [0.5, 0.6) is 0 Å². The third-order valence-corrected chi connectivity index (χ3v) is 4.34. The van der Waals surface area contributed by atoms with Gasteiger partial charge in [-0.05, 0) is 39.1 Å². The van der Waals surface area contributed by atoms with E-state index < -0.39 is 9.84 Å². The van der Waals surface area contributed by atoms with Crippen molar-refractivity contribution in [3.8, 4) is 0 Å². The third-order valence-electron chi connectivity index (χ3n) is 3.25. The monoisotopic (exact) mass is 313 g/mol. The molecular weight excluding hydrogens is 290 g/mol. The molecule has 0 spiro atoms. The molecule has 0 heterocycles. The van der Waals surface area contributed by atoms with Crippen molar-refractivity contribution in [1.29, 1.82) is 0 Å². The van der Waals surface area contributed by atoms with Crippen molar-refractivity contribution >= 4 is 21.4 Å². The van der Waals surface area contributed by atoms with Crippen LogP contribution in [0.2, 0.25) is 0 Å². The second-order valence-corrected chi connectivity index (χ2v) is 7.41. The minimum atomic E-state index is -3.39. The zero-order valence-electron chi connectivity index (χ0n) is 12.9. The number of rotatable bonds is 6. The summed E-state index contributed by atoms with van der Waals surface area (Å²) < 4.78 is 23.1. The van der Waals surface area contributed by atoms with Gasteiger partial charge < -0.3 is 16.0 Å². The molecule has 7 heteroatoms. The highest BCUT2D eigenvalue weighted by Crippen LogP contribution is 2.16. The van der Waals surface area contributed by atoms with Gasteiger partial charge in [-0.15, -0.1) is 0 Å². The average Bonchev–Trinajstić information content (AvgIpc) is 2.36. The van der Waals surface area contributed by atoms with Gasteiger partial charge in [0, 0.05) is 36.6 Å². The lowest BCUT2D eigenvalue weighted by Gasteiger charge is -2.20. The molecule has 0 atom stereocenters. The first-order chi connectivity index (χ1) is 9.61. The molecule has 0 fully saturated rings. The predicted octanol–water partition coefficient (Wildman–Crippen LogP) is 0.742. The van der Waals surface area contributed by atoms with Gasteiger partial charge in [0.15, 0.2) is 9.84 Å². The Morgan fingerprint density at radius 1 is 1.33 bits per heavy atom. The summed E-state index contributed by atoms with van der Waals surface area (Å²) in [6.07, 6.45) is 1.08. The number of benzene rings is 1. The van der Waals surface area contributed by atoms with Crippen molar-refractivity contribution < 1.29 is 13.2 Å². The van der Waals surface area contributed by atoms with Crippen molar-refractivity contribution in [3.63, 3.8) is 0 Å². The van der Waals surface area contributed by atoms with E-state index in [1.165, 1.54) is 18.2 Å². The lowest BCUT2D eigenvalue weighted by Crippen LogP contribution is -2.36. The first-order valence-corrected chi connectivity index (χ1v) is 8.59. The molecule has 1 aromatic rings. The lowest BCUT2D eigenvalue weighted by atomic mass is 10.2. The Labute approximate surface area is 126 Å². The normalized spacial score (nSPS) is 11.9. The second kappa shape index (κ2) is 6.91. The van der Waals surface area contributed by atoms with E-state index in [0.29, 0.717) is 19.1 Å². The molecule has 0 aliphatic carbocycles. The molecule has 3 N–H and O–H groups in total. The standard InChI is InChI=1S/C14H23N3O3S/c1-10(2)17(3)6-5-16-14(18)11-7-12(15)9-13(8-11)21(4,19)20/h7-10H,5-6,15H2,1-4H3,(H,16,18). The second-order valence-electron chi connectivity index (χ2n) is 5.39. The summed E-state index contributed by atoms with van der Waals surface area (Å²) in [5.74, 6) is -0.329. The van der Waals surface area contributed by atoms with E-state index in [4.69, 9.17) is 5.73 Å². The van der Waals surface area contributed by atoms with Crippen LogP contribution in [0.25, 0.3) is 0 Å². The molecule has 6 nitrogen and oxygen atoms in total. The molecule has 0 saturated heterocycles. The predicted molar refractivity (Wildman–Crippen MR) is 84.1 cm³/mol. The van der Waals surface area contributed by atoms with Crippen molar-refractivity contribution in [2.45, 2.75) is 24.8 Å². The van der Waals surface area contributed by atoms with Gasteiger partial charge in [-0.3, -0.25) is 4.79 Å². The minimum absolute atomic E-state index is 0.0481. The zero-order valence-corrected chi connectivity index (χ0v) is 13.7. The number of likely N-dealkylation sites (N-methyl/N-ethyl adjacent to an activating group) is 1. The average molecular weight is 313 g/mol. The molecule has 0 saturated carbocycles. The number of carbonyl (C=O) groups excluding carboxylic acids is 1. The Bertz CT molecular complexity index is 612. The fourth-order valence-electron chi connectivity index (χ4n) is 1.67. The van der Waals surface area contributed by atoms with Crippen LogP contribution in [-0.4, -0.2) is 51.7 Å².